The first kappa shape index (κ1) is 16.1. The molecule has 0 N–H and O–H groups in total. The average Bonchev–Trinajstić information content (AvgIpc) is 3.37. The van der Waals surface area contributed by atoms with Crippen molar-refractivity contribution in [2.75, 3.05) is 13.7 Å². The van der Waals surface area contributed by atoms with Gasteiger partial charge >= 0.3 is 5.76 Å². The smallest absolute Gasteiger partial charge is 0.438 e. The lowest BCUT2D eigenvalue weighted by molar-refractivity contribution is 0.185. The largest absolute Gasteiger partial charge is 0.497 e. The fourth-order valence-electron chi connectivity index (χ4n) is 3.27. The van der Waals surface area contributed by atoms with Crippen molar-refractivity contribution in [2.24, 2.45) is 0 Å². The molecule has 3 heterocycles. The predicted molar refractivity (Wildman–Crippen MR) is 95.8 cm³/mol. The Bertz CT molecular complexity index is 883. The van der Waals surface area contributed by atoms with E-state index in [1.54, 1.807) is 7.11 Å². The number of hydrogen-bond donors (Lipinski definition) is 0. The Hall–Kier alpha value is -2.38. The second-order valence-electron chi connectivity index (χ2n) is 6.03. The van der Waals surface area contributed by atoms with Crippen LogP contribution in [0.2, 0.25) is 0 Å². The molecule has 1 fully saturated rings. The van der Waals surface area contributed by atoms with Crippen LogP contribution in [0.15, 0.2) is 51.0 Å². The Morgan fingerprint density at radius 3 is 2.88 bits per heavy atom. The fraction of sp³-hybridized carbons (Fsp3) is 0.333. The van der Waals surface area contributed by atoms with E-state index in [2.05, 4.69) is 22.1 Å². The van der Waals surface area contributed by atoms with Crippen LogP contribution in [0.3, 0.4) is 0 Å². The summed E-state index contributed by atoms with van der Waals surface area (Å²) in [5.41, 5.74) is 1.23. The van der Waals surface area contributed by atoms with Crippen molar-refractivity contribution in [2.45, 2.75) is 25.6 Å². The van der Waals surface area contributed by atoms with Gasteiger partial charge in [0.15, 0.2) is 0 Å². The first-order valence-electron chi connectivity index (χ1n) is 8.24. The number of benzene rings is 1. The van der Waals surface area contributed by atoms with Gasteiger partial charge in [0, 0.05) is 12.6 Å². The average molecular weight is 357 g/mol. The first-order chi connectivity index (χ1) is 12.2. The molecule has 1 aromatic carbocycles. The minimum Gasteiger partial charge on any atom is -0.497 e. The van der Waals surface area contributed by atoms with Crippen LogP contribution in [0.4, 0.5) is 0 Å². The lowest BCUT2D eigenvalue weighted by Gasteiger charge is -2.24. The Kier molecular flexibility index (Phi) is 4.42. The third-order valence-electron chi connectivity index (χ3n) is 4.52. The Morgan fingerprint density at radius 2 is 2.16 bits per heavy atom. The topological polar surface area (TPSA) is 60.5 Å². The summed E-state index contributed by atoms with van der Waals surface area (Å²) in [4.78, 5) is 15.3. The minimum atomic E-state index is -0.413. The highest BCUT2D eigenvalue weighted by Crippen LogP contribution is 2.33. The van der Waals surface area contributed by atoms with Crippen LogP contribution in [0, 0.1) is 0 Å². The van der Waals surface area contributed by atoms with E-state index in [4.69, 9.17) is 9.15 Å². The second kappa shape index (κ2) is 6.85. The molecule has 0 saturated carbocycles. The summed E-state index contributed by atoms with van der Waals surface area (Å²) in [5, 5.41) is 6.30. The maximum absolute atomic E-state index is 12.1. The van der Waals surface area contributed by atoms with Crippen molar-refractivity contribution in [1.82, 2.24) is 14.7 Å². The summed E-state index contributed by atoms with van der Waals surface area (Å²) >= 11 is 1.51. The molecule has 0 aliphatic carbocycles. The quantitative estimate of drug-likeness (QED) is 0.701. The van der Waals surface area contributed by atoms with Gasteiger partial charge in [0.2, 0.25) is 0 Å². The van der Waals surface area contributed by atoms with Crippen molar-refractivity contribution in [1.29, 1.82) is 0 Å². The molecule has 1 aliphatic rings. The molecule has 0 spiro atoms. The van der Waals surface area contributed by atoms with E-state index in [1.807, 2.05) is 29.6 Å². The number of nitrogens with zero attached hydrogens (tertiary/aromatic N) is 3. The van der Waals surface area contributed by atoms with Gasteiger partial charge in [0.05, 0.1) is 12.0 Å². The summed E-state index contributed by atoms with van der Waals surface area (Å²) < 4.78 is 11.9. The van der Waals surface area contributed by atoms with Crippen molar-refractivity contribution < 1.29 is 9.15 Å². The maximum Gasteiger partial charge on any atom is 0.438 e. The highest BCUT2D eigenvalue weighted by Gasteiger charge is 2.27. The van der Waals surface area contributed by atoms with Gasteiger partial charge in [0.25, 0.3) is 5.89 Å². The van der Waals surface area contributed by atoms with Crippen LogP contribution in [-0.2, 0) is 6.67 Å². The summed E-state index contributed by atoms with van der Waals surface area (Å²) in [6.07, 6.45) is 2.16. The molecule has 0 bridgehead atoms. The summed E-state index contributed by atoms with van der Waals surface area (Å²) in [5.74, 6) is 0.825. The SMILES string of the molecule is COc1ccc([C@H]2CCCN2Cn2nc(-c3cccs3)oc2=O)cc1. The third-order valence-corrected chi connectivity index (χ3v) is 5.38. The van der Waals surface area contributed by atoms with E-state index in [-0.39, 0.29) is 6.04 Å². The molecule has 1 saturated heterocycles. The van der Waals surface area contributed by atoms with Crippen molar-refractivity contribution in [3.05, 3.63) is 57.9 Å². The Labute approximate surface area is 149 Å². The molecule has 1 atom stereocenters. The third kappa shape index (κ3) is 3.25. The van der Waals surface area contributed by atoms with Crippen molar-refractivity contribution in [3.8, 4) is 16.5 Å². The number of aromatic nitrogens is 2. The maximum atomic E-state index is 12.1. The molecule has 2 aromatic heterocycles. The second-order valence-corrected chi connectivity index (χ2v) is 6.98. The van der Waals surface area contributed by atoms with Gasteiger partial charge in [-0.3, -0.25) is 4.90 Å². The minimum absolute atomic E-state index is 0.277. The molecule has 0 radical (unpaired) electrons. The van der Waals surface area contributed by atoms with E-state index in [0.29, 0.717) is 12.6 Å². The zero-order valence-corrected chi connectivity index (χ0v) is 14.7. The number of rotatable bonds is 5. The van der Waals surface area contributed by atoms with Crippen LogP contribution in [0.5, 0.6) is 5.75 Å². The summed E-state index contributed by atoms with van der Waals surface area (Å²) in [6.45, 7) is 1.37. The highest BCUT2D eigenvalue weighted by molar-refractivity contribution is 7.13. The highest BCUT2D eigenvalue weighted by atomic mass is 32.1. The van der Waals surface area contributed by atoms with Crippen molar-refractivity contribution in [3.63, 3.8) is 0 Å². The van der Waals surface area contributed by atoms with E-state index < -0.39 is 5.76 Å². The van der Waals surface area contributed by atoms with E-state index in [0.717, 1.165) is 30.0 Å². The molecule has 1 aliphatic heterocycles. The molecule has 25 heavy (non-hydrogen) atoms. The molecular weight excluding hydrogens is 338 g/mol. The van der Waals surface area contributed by atoms with Crippen LogP contribution in [0.25, 0.3) is 10.8 Å². The van der Waals surface area contributed by atoms with E-state index >= 15 is 0 Å². The standard InChI is InChI=1S/C18H19N3O3S/c1-23-14-8-6-13(7-9-14)15-4-2-10-20(15)12-21-18(22)24-17(19-21)16-5-3-11-25-16/h3,5-9,11,15H,2,4,10,12H2,1H3/t15-/m1/s1. The van der Waals surface area contributed by atoms with E-state index in [9.17, 15) is 4.79 Å². The van der Waals surface area contributed by atoms with Gasteiger partial charge in [-0.15, -0.1) is 16.4 Å². The van der Waals surface area contributed by atoms with Gasteiger partial charge < -0.3 is 9.15 Å². The Balaban J connectivity index is 1.54. The van der Waals surface area contributed by atoms with Crippen LogP contribution in [-0.4, -0.2) is 28.3 Å². The van der Waals surface area contributed by atoms with Crippen LogP contribution in [0.1, 0.15) is 24.4 Å². The Morgan fingerprint density at radius 1 is 1.32 bits per heavy atom. The van der Waals surface area contributed by atoms with Gasteiger partial charge in [-0.05, 0) is 42.0 Å². The number of thiophene rings is 1. The van der Waals surface area contributed by atoms with Gasteiger partial charge in [-0.1, -0.05) is 18.2 Å². The molecule has 0 unspecified atom stereocenters. The van der Waals surface area contributed by atoms with Gasteiger partial charge in [0.1, 0.15) is 12.4 Å². The lowest BCUT2D eigenvalue weighted by Crippen LogP contribution is -2.31. The molecule has 3 aromatic rings. The monoisotopic (exact) mass is 357 g/mol. The zero-order chi connectivity index (χ0) is 17.2. The fourth-order valence-corrected chi connectivity index (χ4v) is 3.91. The predicted octanol–water partition coefficient (Wildman–Crippen LogP) is 3.37. The molecule has 6 nitrogen and oxygen atoms in total. The van der Waals surface area contributed by atoms with E-state index in [1.165, 1.54) is 21.6 Å². The molecule has 7 heteroatoms. The van der Waals surface area contributed by atoms with Crippen LogP contribution >= 0.6 is 11.3 Å². The first-order valence-corrected chi connectivity index (χ1v) is 9.12. The normalized spacial score (nSPS) is 17.9. The number of likely N-dealkylation sites (tertiary alicyclic amines) is 1. The number of ether oxygens (including phenoxy) is 1. The molecule has 4 rings (SSSR count). The van der Waals surface area contributed by atoms with Gasteiger partial charge in [-0.2, -0.15) is 4.68 Å². The van der Waals surface area contributed by atoms with Gasteiger partial charge in [-0.25, -0.2) is 4.79 Å². The number of hydrogen-bond acceptors (Lipinski definition) is 6. The zero-order valence-electron chi connectivity index (χ0n) is 13.9. The summed E-state index contributed by atoms with van der Waals surface area (Å²) in [7, 11) is 1.67. The van der Waals surface area contributed by atoms with Crippen LogP contribution < -0.4 is 10.5 Å². The summed E-state index contributed by atoms with van der Waals surface area (Å²) in [6, 6.07) is 12.2. The lowest BCUT2D eigenvalue weighted by atomic mass is 10.0. The molecule has 130 valence electrons. The molecule has 0 amide bonds. The number of methoxy groups -OCH3 is 1. The molecular formula is C18H19N3O3S. The van der Waals surface area contributed by atoms with Crippen molar-refractivity contribution >= 4 is 11.3 Å².